The quantitative estimate of drug-likeness (QED) is 0.877. The molecule has 1 aliphatic heterocycles. The van der Waals surface area contributed by atoms with Gasteiger partial charge in [-0.2, -0.15) is 13.2 Å². The lowest BCUT2D eigenvalue weighted by Gasteiger charge is -2.34. The highest BCUT2D eigenvalue weighted by atomic mass is 35.5. The standard InChI is InChI=1S/C16H20ClF3N2O/c1-10-5-7-22(8-6-10)11(2)15(23)21-14-4-3-12(17)9-13(14)16(18,19)20/h3-4,9-11H,5-8H2,1-2H3,(H,21,23). The van der Waals surface area contributed by atoms with Crippen LogP contribution >= 0.6 is 11.6 Å². The number of piperidine rings is 1. The van der Waals surface area contributed by atoms with Crippen LogP contribution in [0.1, 0.15) is 32.3 Å². The summed E-state index contributed by atoms with van der Waals surface area (Å²) in [4.78, 5) is 14.3. The maximum Gasteiger partial charge on any atom is 0.418 e. The Morgan fingerprint density at radius 3 is 2.52 bits per heavy atom. The van der Waals surface area contributed by atoms with E-state index in [4.69, 9.17) is 11.6 Å². The highest BCUT2D eigenvalue weighted by molar-refractivity contribution is 6.30. The molecule has 3 nitrogen and oxygen atoms in total. The first kappa shape index (κ1) is 18.1. The highest BCUT2D eigenvalue weighted by Gasteiger charge is 2.35. The van der Waals surface area contributed by atoms with Gasteiger partial charge in [0.15, 0.2) is 0 Å². The number of hydrogen-bond acceptors (Lipinski definition) is 2. The van der Waals surface area contributed by atoms with Gasteiger partial charge in [-0.3, -0.25) is 9.69 Å². The molecule has 1 unspecified atom stereocenters. The van der Waals surface area contributed by atoms with Gasteiger partial charge >= 0.3 is 6.18 Å². The molecule has 1 saturated heterocycles. The molecule has 0 radical (unpaired) electrons. The van der Waals surface area contributed by atoms with E-state index in [-0.39, 0.29) is 10.7 Å². The maximum atomic E-state index is 13.1. The predicted molar refractivity (Wildman–Crippen MR) is 84.5 cm³/mol. The van der Waals surface area contributed by atoms with E-state index in [1.807, 2.05) is 4.90 Å². The average Bonchev–Trinajstić information content (AvgIpc) is 2.48. The first-order chi connectivity index (χ1) is 10.7. The molecule has 1 amide bonds. The summed E-state index contributed by atoms with van der Waals surface area (Å²) in [7, 11) is 0. The first-order valence-electron chi connectivity index (χ1n) is 7.60. The van der Waals surface area contributed by atoms with Crippen LogP contribution in [0.25, 0.3) is 0 Å². The van der Waals surface area contributed by atoms with Crippen molar-refractivity contribution < 1.29 is 18.0 Å². The van der Waals surface area contributed by atoms with Gasteiger partial charge in [-0.1, -0.05) is 18.5 Å². The Bertz CT molecular complexity index is 569. The number of halogens is 4. The number of amides is 1. The monoisotopic (exact) mass is 348 g/mol. The maximum absolute atomic E-state index is 13.1. The Morgan fingerprint density at radius 1 is 1.35 bits per heavy atom. The van der Waals surface area contributed by atoms with Gasteiger partial charge in [-0.05, 0) is 57.0 Å². The van der Waals surface area contributed by atoms with E-state index < -0.39 is 23.7 Å². The Labute approximate surface area is 138 Å². The summed E-state index contributed by atoms with van der Waals surface area (Å²) in [5.74, 6) is 0.182. The van der Waals surface area contributed by atoms with E-state index in [1.54, 1.807) is 6.92 Å². The zero-order valence-corrected chi connectivity index (χ0v) is 13.8. The van der Waals surface area contributed by atoms with Crippen LogP contribution in [0.3, 0.4) is 0 Å². The fourth-order valence-corrected chi connectivity index (χ4v) is 2.85. The number of likely N-dealkylation sites (tertiary alicyclic amines) is 1. The summed E-state index contributed by atoms with van der Waals surface area (Å²) in [5, 5.41) is 2.37. The van der Waals surface area contributed by atoms with Crippen LogP contribution in [-0.2, 0) is 11.0 Å². The number of hydrogen-bond donors (Lipinski definition) is 1. The minimum absolute atomic E-state index is 0.0200. The molecule has 7 heteroatoms. The van der Waals surface area contributed by atoms with Gasteiger partial charge in [0, 0.05) is 5.02 Å². The van der Waals surface area contributed by atoms with Crippen LogP contribution in [0.4, 0.5) is 18.9 Å². The largest absolute Gasteiger partial charge is 0.418 e. The van der Waals surface area contributed by atoms with Crippen molar-refractivity contribution in [2.75, 3.05) is 18.4 Å². The topological polar surface area (TPSA) is 32.3 Å². The molecule has 1 aromatic carbocycles. The smallest absolute Gasteiger partial charge is 0.324 e. The van der Waals surface area contributed by atoms with Crippen molar-refractivity contribution in [3.63, 3.8) is 0 Å². The van der Waals surface area contributed by atoms with Crippen molar-refractivity contribution in [1.29, 1.82) is 0 Å². The van der Waals surface area contributed by atoms with Crippen molar-refractivity contribution >= 4 is 23.2 Å². The van der Waals surface area contributed by atoms with Crippen LogP contribution in [0.2, 0.25) is 5.02 Å². The summed E-state index contributed by atoms with van der Waals surface area (Å²) >= 11 is 5.64. The van der Waals surface area contributed by atoms with Gasteiger partial charge in [0.1, 0.15) is 0 Å². The molecular weight excluding hydrogens is 329 g/mol. The molecule has 0 bridgehead atoms. The average molecular weight is 349 g/mol. The van der Waals surface area contributed by atoms with Gasteiger partial charge in [0.05, 0.1) is 17.3 Å². The molecule has 0 aliphatic carbocycles. The Hall–Kier alpha value is -1.27. The molecule has 1 aromatic rings. The van der Waals surface area contributed by atoms with Crippen molar-refractivity contribution in [2.45, 2.75) is 38.9 Å². The van der Waals surface area contributed by atoms with Crippen molar-refractivity contribution in [3.8, 4) is 0 Å². The van der Waals surface area contributed by atoms with E-state index in [1.165, 1.54) is 12.1 Å². The van der Waals surface area contributed by atoms with Crippen LogP contribution in [0, 0.1) is 5.92 Å². The number of nitrogens with one attached hydrogen (secondary N) is 1. The molecule has 0 saturated carbocycles. The molecule has 0 aromatic heterocycles. The minimum Gasteiger partial charge on any atom is -0.324 e. The molecule has 1 atom stereocenters. The summed E-state index contributed by atoms with van der Waals surface area (Å²) in [6, 6.07) is 2.87. The van der Waals surface area contributed by atoms with E-state index >= 15 is 0 Å². The zero-order chi connectivity index (χ0) is 17.2. The fraction of sp³-hybridized carbons (Fsp3) is 0.562. The van der Waals surface area contributed by atoms with Gasteiger partial charge < -0.3 is 5.32 Å². The normalized spacial score (nSPS) is 18.7. The number of anilines is 1. The lowest BCUT2D eigenvalue weighted by Crippen LogP contribution is -2.45. The van der Waals surface area contributed by atoms with Crippen LogP contribution < -0.4 is 5.32 Å². The molecule has 1 N–H and O–H groups in total. The van der Waals surface area contributed by atoms with E-state index in [0.29, 0.717) is 5.92 Å². The molecule has 1 fully saturated rings. The fourth-order valence-electron chi connectivity index (χ4n) is 2.68. The van der Waals surface area contributed by atoms with Crippen molar-refractivity contribution in [2.24, 2.45) is 5.92 Å². The first-order valence-corrected chi connectivity index (χ1v) is 7.98. The second kappa shape index (κ2) is 7.09. The SMILES string of the molecule is CC1CCN(C(C)C(=O)Nc2ccc(Cl)cc2C(F)(F)F)CC1. The van der Waals surface area contributed by atoms with E-state index in [9.17, 15) is 18.0 Å². The summed E-state index contributed by atoms with van der Waals surface area (Å²) in [6.45, 7) is 5.44. The van der Waals surface area contributed by atoms with Gasteiger partial charge in [0.2, 0.25) is 5.91 Å². The molecule has 128 valence electrons. The third kappa shape index (κ3) is 4.61. The second-order valence-electron chi connectivity index (χ2n) is 6.07. The second-order valence-corrected chi connectivity index (χ2v) is 6.51. The number of nitrogens with zero attached hydrogens (tertiary/aromatic N) is 1. The highest BCUT2D eigenvalue weighted by Crippen LogP contribution is 2.36. The van der Waals surface area contributed by atoms with E-state index in [2.05, 4.69) is 12.2 Å². The van der Waals surface area contributed by atoms with Crippen LogP contribution in [-0.4, -0.2) is 29.9 Å². The third-order valence-corrected chi connectivity index (χ3v) is 4.53. The van der Waals surface area contributed by atoms with Gasteiger partial charge in [-0.25, -0.2) is 0 Å². The molecule has 1 aliphatic rings. The molecular formula is C16H20ClF3N2O. The van der Waals surface area contributed by atoms with Crippen LogP contribution in [0.5, 0.6) is 0 Å². The Balaban J connectivity index is 2.11. The number of carbonyl (C=O) groups excluding carboxylic acids is 1. The summed E-state index contributed by atoms with van der Waals surface area (Å²) < 4.78 is 39.2. The minimum atomic E-state index is -4.57. The number of carbonyl (C=O) groups is 1. The number of rotatable bonds is 3. The number of benzene rings is 1. The molecule has 23 heavy (non-hydrogen) atoms. The summed E-state index contributed by atoms with van der Waals surface area (Å²) in [6.07, 6.45) is -2.59. The molecule has 2 rings (SSSR count). The lowest BCUT2D eigenvalue weighted by molar-refractivity contribution is -0.137. The van der Waals surface area contributed by atoms with Crippen LogP contribution in [0.15, 0.2) is 18.2 Å². The molecule has 0 spiro atoms. The lowest BCUT2D eigenvalue weighted by atomic mass is 9.98. The van der Waals surface area contributed by atoms with Crippen molar-refractivity contribution in [1.82, 2.24) is 4.90 Å². The third-order valence-electron chi connectivity index (χ3n) is 4.29. The van der Waals surface area contributed by atoms with Crippen molar-refractivity contribution in [3.05, 3.63) is 28.8 Å². The zero-order valence-electron chi connectivity index (χ0n) is 13.1. The Morgan fingerprint density at radius 2 is 1.96 bits per heavy atom. The van der Waals surface area contributed by atoms with E-state index in [0.717, 1.165) is 32.0 Å². The molecule has 1 heterocycles. The Kier molecular flexibility index (Phi) is 5.57. The predicted octanol–water partition coefficient (Wildman–Crippen LogP) is 4.42. The summed E-state index contributed by atoms with van der Waals surface area (Å²) in [5.41, 5.74) is -1.19. The van der Waals surface area contributed by atoms with Gasteiger partial charge in [-0.15, -0.1) is 0 Å². The number of alkyl halides is 3. The van der Waals surface area contributed by atoms with Gasteiger partial charge in [0.25, 0.3) is 0 Å².